The van der Waals surface area contributed by atoms with Crippen LogP contribution in [0, 0.1) is 11.3 Å². The Morgan fingerprint density at radius 3 is 2.28 bits per heavy atom. The number of aliphatic hydroxyl groups is 2. The van der Waals surface area contributed by atoms with Gasteiger partial charge in [0, 0.05) is 24.7 Å². The number of halogens is 3. The molecule has 6 N–H and O–H groups in total. The van der Waals surface area contributed by atoms with Crippen LogP contribution < -0.4 is 11.1 Å². The van der Waals surface area contributed by atoms with Crippen LogP contribution in [0.3, 0.4) is 0 Å². The van der Waals surface area contributed by atoms with Crippen LogP contribution in [0.4, 0.5) is 18.0 Å². The van der Waals surface area contributed by atoms with E-state index in [1.54, 1.807) is 26.1 Å². The van der Waals surface area contributed by atoms with Crippen molar-refractivity contribution in [3.05, 3.63) is 11.3 Å². The Morgan fingerprint density at radius 2 is 1.83 bits per heavy atom. The summed E-state index contributed by atoms with van der Waals surface area (Å²) in [5.74, 6) is -3.28. The monoisotopic (exact) mass is 422 g/mol. The topological polar surface area (TPSA) is 149 Å². The smallest absolute Gasteiger partial charge is 0.424 e. The van der Waals surface area contributed by atoms with Gasteiger partial charge < -0.3 is 30.9 Å². The zero-order valence-corrected chi connectivity index (χ0v) is 16.3. The van der Waals surface area contributed by atoms with E-state index in [1.165, 1.54) is 4.90 Å². The highest BCUT2D eigenvalue weighted by molar-refractivity contribution is 6.13. The SMILES string of the molecule is CC(C)(C)OC(=O)N1CCC(C(N)=C2C(=N)NC(=O)[C@H](O)C2(O)C(F)(F)F)CC1. The van der Waals surface area contributed by atoms with Gasteiger partial charge in [0.15, 0.2) is 6.10 Å². The average molecular weight is 422 g/mol. The summed E-state index contributed by atoms with van der Waals surface area (Å²) in [6, 6.07) is 0. The van der Waals surface area contributed by atoms with Crippen molar-refractivity contribution in [2.75, 3.05) is 13.1 Å². The Hall–Kier alpha value is -2.34. The number of hydrogen-bond donors (Lipinski definition) is 5. The molecule has 2 saturated heterocycles. The Kier molecular flexibility index (Phi) is 5.92. The maximum Gasteiger partial charge on any atom is 0.424 e. The van der Waals surface area contributed by atoms with E-state index in [2.05, 4.69) is 0 Å². The third kappa shape index (κ3) is 4.32. The second-order valence-electron chi connectivity index (χ2n) is 8.10. The van der Waals surface area contributed by atoms with Crippen molar-refractivity contribution in [3.63, 3.8) is 0 Å². The van der Waals surface area contributed by atoms with Gasteiger partial charge in [0.2, 0.25) is 5.60 Å². The lowest BCUT2D eigenvalue weighted by atomic mass is 9.78. The maximum absolute atomic E-state index is 13.6. The van der Waals surface area contributed by atoms with E-state index in [1.807, 2.05) is 0 Å². The molecule has 164 valence electrons. The lowest BCUT2D eigenvalue weighted by Crippen LogP contribution is -2.68. The van der Waals surface area contributed by atoms with Crippen LogP contribution in [0.2, 0.25) is 0 Å². The van der Waals surface area contributed by atoms with Crippen LogP contribution in [-0.2, 0) is 9.53 Å². The average Bonchev–Trinajstić information content (AvgIpc) is 2.57. The van der Waals surface area contributed by atoms with Crippen LogP contribution in [0.25, 0.3) is 0 Å². The molecule has 0 radical (unpaired) electrons. The van der Waals surface area contributed by atoms with Gasteiger partial charge in [-0.2, -0.15) is 13.2 Å². The molecule has 2 heterocycles. The van der Waals surface area contributed by atoms with Gasteiger partial charge in [-0.3, -0.25) is 10.2 Å². The van der Waals surface area contributed by atoms with Crippen molar-refractivity contribution >= 4 is 17.8 Å². The number of likely N-dealkylation sites (tertiary alicyclic amines) is 1. The first kappa shape index (κ1) is 22.9. The molecule has 0 bridgehead atoms. The molecule has 0 spiro atoms. The second-order valence-corrected chi connectivity index (χ2v) is 8.10. The number of allylic oxidation sites excluding steroid dienone is 1. The standard InChI is InChI=1S/C17H25F3N4O5/c1-15(2,3)29-14(27)24-6-4-8(5-7-24)10(21)9-12(22)23-13(26)11(25)16(9,28)17(18,19)20/h8,11,25,28H,4-7,21H2,1-3H3,(H2,22,23,26)/t11-,16?/m0/s1. The third-order valence-corrected chi connectivity index (χ3v) is 4.83. The number of carbonyl (C=O) groups excluding carboxylic acids is 2. The Balaban J connectivity index is 2.29. The summed E-state index contributed by atoms with van der Waals surface area (Å²) >= 11 is 0. The first-order valence-electron chi connectivity index (χ1n) is 8.94. The van der Waals surface area contributed by atoms with Crippen LogP contribution in [0.5, 0.6) is 0 Å². The van der Waals surface area contributed by atoms with Crippen molar-refractivity contribution in [3.8, 4) is 0 Å². The molecule has 0 aliphatic carbocycles. The Morgan fingerprint density at radius 1 is 1.31 bits per heavy atom. The largest absolute Gasteiger partial charge is 0.444 e. The summed E-state index contributed by atoms with van der Waals surface area (Å²) in [4.78, 5) is 25.1. The van der Waals surface area contributed by atoms with E-state index in [9.17, 15) is 33.0 Å². The number of nitrogens with zero attached hydrogens (tertiary/aromatic N) is 1. The fourth-order valence-electron chi connectivity index (χ4n) is 3.34. The van der Waals surface area contributed by atoms with Crippen LogP contribution in [0.1, 0.15) is 33.6 Å². The normalized spacial score (nSPS) is 28.8. The molecule has 12 heteroatoms. The number of piperidine rings is 2. The number of nitrogens with two attached hydrogens (primary N) is 1. The predicted molar refractivity (Wildman–Crippen MR) is 94.6 cm³/mol. The summed E-state index contributed by atoms with van der Waals surface area (Å²) in [6.45, 7) is 5.38. The van der Waals surface area contributed by atoms with Gasteiger partial charge in [0.1, 0.15) is 11.4 Å². The molecule has 2 rings (SSSR count). The molecule has 0 saturated carbocycles. The molecule has 1 unspecified atom stereocenters. The van der Waals surface area contributed by atoms with Gasteiger partial charge in [-0.25, -0.2) is 4.79 Å². The fraction of sp³-hybridized carbons (Fsp3) is 0.706. The first-order valence-corrected chi connectivity index (χ1v) is 8.94. The quantitative estimate of drug-likeness (QED) is 0.418. The minimum absolute atomic E-state index is 0.139. The number of carbonyl (C=O) groups is 2. The van der Waals surface area contributed by atoms with Crippen LogP contribution in [-0.4, -0.2) is 69.5 Å². The molecule has 2 amide bonds. The van der Waals surface area contributed by atoms with Gasteiger partial charge >= 0.3 is 12.3 Å². The van der Waals surface area contributed by atoms with Gasteiger partial charge in [-0.05, 0) is 33.6 Å². The van der Waals surface area contributed by atoms with Gasteiger partial charge in [0.25, 0.3) is 5.91 Å². The van der Waals surface area contributed by atoms with Crippen LogP contribution in [0.15, 0.2) is 11.3 Å². The van der Waals surface area contributed by atoms with E-state index >= 15 is 0 Å². The summed E-state index contributed by atoms with van der Waals surface area (Å²) in [5, 5.41) is 29.5. The zero-order chi connectivity index (χ0) is 22.4. The van der Waals surface area contributed by atoms with Crippen molar-refractivity contribution in [2.24, 2.45) is 11.7 Å². The van der Waals surface area contributed by atoms with Gasteiger partial charge in [-0.15, -0.1) is 0 Å². The number of rotatable bonds is 1. The molecule has 2 atom stereocenters. The number of amidine groups is 1. The van der Waals surface area contributed by atoms with Crippen molar-refractivity contribution in [1.82, 2.24) is 10.2 Å². The maximum atomic E-state index is 13.6. The molecule has 2 aliphatic heterocycles. The predicted octanol–water partition coefficient (Wildman–Crippen LogP) is 0.608. The number of nitrogens with one attached hydrogen (secondary N) is 2. The van der Waals surface area contributed by atoms with E-state index in [0.717, 1.165) is 0 Å². The highest BCUT2D eigenvalue weighted by Crippen LogP contribution is 2.43. The van der Waals surface area contributed by atoms with Crippen molar-refractivity contribution in [1.29, 1.82) is 5.41 Å². The van der Waals surface area contributed by atoms with E-state index in [-0.39, 0.29) is 25.9 Å². The number of alkyl halides is 3. The Bertz CT molecular complexity index is 738. The minimum atomic E-state index is -5.45. The lowest BCUT2D eigenvalue weighted by molar-refractivity contribution is -0.269. The summed E-state index contributed by atoms with van der Waals surface area (Å²) in [6.07, 6.45) is -8.58. The van der Waals surface area contributed by atoms with Crippen molar-refractivity contribution < 1.29 is 37.7 Å². The molecule has 2 fully saturated rings. The molecular weight excluding hydrogens is 397 g/mol. The molecule has 0 aromatic rings. The Labute approximate surface area is 165 Å². The molecule has 9 nitrogen and oxygen atoms in total. The van der Waals surface area contributed by atoms with Crippen molar-refractivity contribution in [2.45, 2.75) is 57.1 Å². The molecule has 2 aliphatic rings. The first-order chi connectivity index (χ1) is 13.1. The van der Waals surface area contributed by atoms with E-state index < -0.39 is 58.5 Å². The molecular formula is C17H25F3N4O5. The zero-order valence-electron chi connectivity index (χ0n) is 16.3. The third-order valence-electron chi connectivity index (χ3n) is 4.83. The van der Waals surface area contributed by atoms with Gasteiger partial charge in [-0.1, -0.05) is 0 Å². The molecule has 0 aromatic carbocycles. The number of ether oxygens (including phenoxy) is 1. The second kappa shape index (κ2) is 7.48. The van der Waals surface area contributed by atoms with Crippen LogP contribution >= 0.6 is 0 Å². The summed E-state index contributed by atoms with van der Waals surface area (Å²) in [5.41, 5.74) is -0.344. The van der Waals surface area contributed by atoms with Gasteiger partial charge in [0.05, 0.1) is 5.57 Å². The van der Waals surface area contributed by atoms with E-state index in [0.29, 0.717) is 0 Å². The fourth-order valence-corrected chi connectivity index (χ4v) is 3.34. The van der Waals surface area contributed by atoms with E-state index in [4.69, 9.17) is 15.9 Å². The molecule has 29 heavy (non-hydrogen) atoms. The number of amides is 2. The highest BCUT2D eigenvalue weighted by atomic mass is 19.4. The summed E-state index contributed by atoms with van der Waals surface area (Å²) in [7, 11) is 0. The number of hydrogen-bond acceptors (Lipinski definition) is 7. The number of aliphatic hydroxyl groups excluding tert-OH is 1. The minimum Gasteiger partial charge on any atom is -0.444 e. The summed E-state index contributed by atoms with van der Waals surface area (Å²) < 4.78 is 46.0. The molecule has 0 aromatic heterocycles. The highest BCUT2D eigenvalue weighted by Gasteiger charge is 2.67. The lowest BCUT2D eigenvalue weighted by Gasteiger charge is -2.42.